The molecule has 5 heteroatoms. The summed E-state index contributed by atoms with van der Waals surface area (Å²) in [4.78, 5) is 10.2. The van der Waals surface area contributed by atoms with E-state index in [4.69, 9.17) is 22.1 Å². The fourth-order valence-electron chi connectivity index (χ4n) is 0.247. The van der Waals surface area contributed by atoms with Crippen LogP contribution in [0.15, 0.2) is 11.8 Å². The smallest absolute Gasteiger partial charge is 0.340 e. The predicted molar refractivity (Wildman–Crippen MR) is 37.3 cm³/mol. The maximum Gasteiger partial charge on any atom is 0.340 e. The van der Waals surface area contributed by atoms with Crippen molar-refractivity contribution in [2.24, 2.45) is 0 Å². The van der Waals surface area contributed by atoms with E-state index in [0.717, 1.165) is 6.08 Å². The molecule has 0 unspecified atom stereocenters. The van der Waals surface area contributed by atoms with Gasteiger partial charge in [-0.05, 0) is 11.6 Å². The van der Waals surface area contributed by atoms with Crippen LogP contribution in [0.25, 0.3) is 0 Å². The first-order valence-electron chi connectivity index (χ1n) is 2.33. The first kappa shape index (κ1) is 8.97. The molecule has 0 saturated carbocycles. The van der Waals surface area contributed by atoms with Crippen LogP contribution in [0.2, 0.25) is 0 Å². The summed E-state index contributed by atoms with van der Waals surface area (Å²) >= 11 is 4.88. The Labute approximate surface area is 62.6 Å². The summed E-state index contributed by atoms with van der Waals surface area (Å²) in [6, 6.07) is 0. The molecule has 0 spiro atoms. The van der Waals surface area contributed by atoms with E-state index in [1.165, 1.54) is 7.11 Å². The van der Waals surface area contributed by atoms with Crippen LogP contribution in [0, 0.1) is 5.41 Å². The summed E-state index contributed by atoms with van der Waals surface area (Å²) in [7, 11) is 1.27. The van der Waals surface area contributed by atoms with Crippen molar-refractivity contribution < 1.29 is 14.6 Å². The number of ether oxygens (including phenoxy) is 1. The summed E-state index contributed by atoms with van der Waals surface area (Å²) in [6.07, 6.45) is 0.926. The van der Waals surface area contributed by atoms with Crippen LogP contribution in [0.1, 0.15) is 0 Å². The zero-order valence-electron chi connectivity index (χ0n) is 5.27. The highest BCUT2D eigenvalue weighted by molar-refractivity contribution is 6.67. The Hall–Kier alpha value is -1.03. The molecule has 0 aliphatic rings. The largest absolute Gasteiger partial charge is 0.590 e. The van der Waals surface area contributed by atoms with Gasteiger partial charge < -0.3 is 9.84 Å². The lowest BCUT2D eigenvalue weighted by Crippen LogP contribution is -1.99. The number of rotatable bonds is 2. The zero-order chi connectivity index (χ0) is 8.15. The standard InChI is InChI=1S/C5H6ClNO3/c1-10-4(7)2-3(8)5(6)9/h2,7-8H,1H3/p+1/b3-2-,7-4?. The number of hydrogen-bond acceptors (Lipinski definition) is 3. The third kappa shape index (κ3) is 3.09. The van der Waals surface area contributed by atoms with Gasteiger partial charge >= 0.3 is 11.0 Å². The van der Waals surface area contributed by atoms with Crippen molar-refractivity contribution >= 4 is 22.7 Å². The molecular formula is C5H7ClNO3+. The number of carbonyl (C=O) groups excluding carboxylic acids is 1. The summed E-state index contributed by atoms with van der Waals surface area (Å²) < 4.78 is 4.35. The Bertz CT molecular complexity index is 187. The molecular weight excluding hydrogens is 158 g/mol. The summed E-state index contributed by atoms with van der Waals surface area (Å²) in [5.41, 5.74) is 0. The minimum atomic E-state index is -0.901. The van der Waals surface area contributed by atoms with Gasteiger partial charge in [-0.2, -0.15) is 0 Å². The second kappa shape index (κ2) is 3.90. The summed E-state index contributed by atoms with van der Waals surface area (Å²) in [5, 5.41) is 12.7. The number of allylic oxidation sites excluding steroid dienone is 1. The third-order valence-electron chi connectivity index (χ3n) is 0.707. The van der Waals surface area contributed by atoms with Crippen molar-refractivity contribution in [3.8, 4) is 0 Å². The molecule has 10 heavy (non-hydrogen) atoms. The quantitative estimate of drug-likeness (QED) is 0.156. The molecule has 0 bridgehead atoms. The second-order valence-electron chi connectivity index (χ2n) is 1.40. The van der Waals surface area contributed by atoms with Gasteiger partial charge in [0.15, 0.2) is 0 Å². The first-order valence-corrected chi connectivity index (χ1v) is 2.71. The topological polar surface area (TPSA) is 73.0 Å². The Morgan fingerprint density at radius 2 is 2.30 bits per heavy atom. The van der Waals surface area contributed by atoms with Gasteiger partial charge in [0, 0.05) is 0 Å². The number of nitrogens with one attached hydrogen (secondary N) is 1. The van der Waals surface area contributed by atoms with Gasteiger partial charge in [-0.15, -0.1) is 0 Å². The Morgan fingerprint density at radius 3 is 2.60 bits per heavy atom. The van der Waals surface area contributed by atoms with Crippen LogP contribution in [0.5, 0.6) is 0 Å². The molecule has 0 aliphatic heterocycles. The Balaban J connectivity index is 4.16. The predicted octanol–water partition coefficient (Wildman–Crippen LogP) is -0.0160. The van der Waals surface area contributed by atoms with E-state index in [2.05, 4.69) is 4.74 Å². The molecule has 0 radical (unpaired) electrons. The van der Waals surface area contributed by atoms with E-state index < -0.39 is 11.0 Å². The molecule has 0 rings (SSSR count). The number of hydrogen-bond donors (Lipinski definition) is 1. The molecule has 0 aromatic carbocycles. The molecule has 4 nitrogen and oxygen atoms in total. The molecule has 0 heterocycles. The highest BCUT2D eigenvalue weighted by Crippen LogP contribution is 1.95. The average molecular weight is 165 g/mol. The molecule has 3 N–H and O–H groups in total. The van der Waals surface area contributed by atoms with Crippen LogP contribution >= 0.6 is 11.6 Å². The number of halogens is 1. The molecule has 0 aromatic rings. The summed E-state index contributed by atoms with van der Waals surface area (Å²) in [6.45, 7) is 0. The Kier molecular flexibility index (Phi) is 3.49. The lowest BCUT2D eigenvalue weighted by atomic mass is 10.5. The lowest BCUT2D eigenvalue weighted by molar-refractivity contribution is -0.110. The summed E-state index contributed by atoms with van der Waals surface area (Å²) in [5.74, 6) is -0.715. The van der Waals surface area contributed by atoms with Crippen LogP contribution in [0.4, 0.5) is 0 Å². The molecule has 0 aromatic heterocycles. The van der Waals surface area contributed by atoms with Gasteiger partial charge in [0.05, 0.1) is 7.11 Å². The molecule has 0 amide bonds. The average Bonchev–Trinajstić information content (AvgIpc) is 1.87. The van der Waals surface area contributed by atoms with Gasteiger partial charge in [-0.3, -0.25) is 10.2 Å². The minimum Gasteiger partial charge on any atom is -0.590 e. The van der Waals surface area contributed by atoms with E-state index in [1.807, 2.05) is 0 Å². The van der Waals surface area contributed by atoms with Gasteiger partial charge in [0.1, 0.15) is 6.08 Å². The number of carbonyl (C=O) groups is 1. The minimum absolute atomic E-state index is 0.265. The van der Waals surface area contributed by atoms with Crippen molar-refractivity contribution in [1.29, 1.82) is 5.41 Å². The van der Waals surface area contributed by atoms with E-state index in [9.17, 15) is 4.79 Å². The normalized spacial score (nSPS) is 10.8. The first-order chi connectivity index (χ1) is 4.57. The molecule has 0 saturated heterocycles. The highest BCUT2D eigenvalue weighted by atomic mass is 35.5. The fourth-order valence-corrected chi connectivity index (χ4v) is 0.301. The van der Waals surface area contributed by atoms with E-state index >= 15 is 0 Å². The van der Waals surface area contributed by atoms with Crippen molar-refractivity contribution in [3.05, 3.63) is 11.8 Å². The SMILES string of the molecule is COC(=N)/C=C(\[OH2+])C(=O)Cl. The van der Waals surface area contributed by atoms with Crippen LogP contribution in [-0.2, 0) is 9.53 Å². The fraction of sp³-hybridized carbons (Fsp3) is 0.200. The molecule has 0 fully saturated rings. The van der Waals surface area contributed by atoms with Crippen LogP contribution in [-0.4, -0.2) is 23.4 Å². The third-order valence-corrected chi connectivity index (χ3v) is 0.911. The van der Waals surface area contributed by atoms with E-state index in [1.54, 1.807) is 0 Å². The van der Waals surface area contributed by atoms with E-state index in [0.29, 0.717) is 0 Å². The maximum absolute atomic E-state index is 10.2. The van der Waals surface area contributed by atoms with Crippen LogP contribution < -0.4 is 0 Å². The van der Waals surface area contributed by atoms with Gasteiger partial charge in [-0.25, -0.2) is 0 Å². The van der Waals surface area contributed by atoms with Crippen molar-refractivity contribution in [2.45, 2.75) is 0 Å². The maximum atomic E-state index is 10.2. The van der Waals surface area contributed by atoms with Gasteiger partial charge in [-0.1, -0.05) is 0 Å². The highest BCUT2D eigenvalue weighted by Gasteiger charge is 2.09. The second-order valence-corrected chi connectivity index (χ2v) is 1.74. The van der Waals surface area contributed by atoms with Crippen molar-refractivity contribution in [3.63, 3.8) is 0 Å². The molecule has 56 valence electrons. The monoisotopic (exact) mass is 164 g/mol. The van der Waals surface area contributed by atoms with Crippen molar-refractivity contribution in [2.75, 3.05) is 7.11 Å². The van der Waals surface area contributed by atoms with E-state index in [-0.39, 0.29) is 5.90 Å². The zero-order valence-corrected chi connectivity index (χ0v) is 6.03. The molecule has 0 atom stereocenters. The lowest BCUT2D eigenvalue weighted by Gasteiger charge is -1.91. The van der Waals surface area contributed by atoms with Gasteiger partial charge in [0.25, 0.3) is 0 Å². The van der Waals surface area contributed by atoms with Crippen molar-refractivity contribution in [1.82, 2.24) is 0 Å². The van der Waals surface area contributed by atoms with Crippen LogP contribution in [0.3, 0.4) is 0 Å². The molecule has 0 aliphatic carbocycles. The number of methoxy groups -OCH3 is 1. The Morgan fingerprint density at radius 1 is 1.80 bits per heavy atom. The van der Waals surface area contributed by atoms with Gasteiger partial charge in [0.2, 0.25) is 5.90 Å².